The van der Waals surface area contributed by atoms with Gasteiger partial charge in [0.2, 0.25) is 0 Å². The van der Waals surface area contributed by atoms with Gasteiger partial charge in [0.15, 0.2) is 23.0 Å². The molecule has 3 aliphatic heterocycles. The van der Waals surface area contributed by atoms with Crippen LogP contribution in [0.5, 0.6) is 23.0 Å². The van der Waals surface area contributed by atoms with Crippen molar-refractivity contribution in [3.8, 4) is 23.0 Å². The van der Waals surface area contributed by atoms with E-state index in [1.807, 2.05) is 84.9 Å². The van der Waals surface area contributed by atoms with Crippen LogP contribution in [0.3, 0.4) is 0 Å². The average Bonchev–Trinajstić information content (AvgIpc) is 3.84. The molecule has 0 saturated heterocycles. The summed E-state index contributed by atoms with van der Waals surface area (Å²) in [6, 6.07) is 28.2. The molecule has 60 heavy (non-hydrogen) atoms. The number of carbonyl (C=O) groups excluding carboxylic acids is 2. The number of anilines is 3. The third kappa shape index (κ3) is 7.85. The minimum atomic E-state index is -0.856. The monoisotopic (exact) mass is 807 g/mol. The zero-order valence-electron chi connectivity index (χ0n) is 33.7. The fourth-order valence-electron chi connectivity index (χ4n) is 8.06. The van der Waals surface area contributed by atoms with E-state index in [0.29, 0.717) is 71.4 Å². The molecule has 0 saturated carbocycles. The summed E-state index contributed by atoms with van der Waals surface area (Å²) in [4.78, 5) is 53.5. The molecule has 13 heteroatoms. The molecule has 5 aromatic carbocycles. The molecule has 0 spiro atoms. The third-order valence-electron chi connectivity index (χ3n) is 11.1. The molecule has 3 heterocycles. The largest absolute Gasteiger partial charge is 0.493 e. The number of hydrogen-bond donors (Lipinski definition) is 1. The molecule has 8 rings (SSSR count). The van der Waals surface area contributed by atoms with Gasteiger partial charge >= 0.3 is 5.97 Å². The summed E-state index contributed by atoms with van der Waals surface area (Å²) in [5.41, 5.74) is 8.03. The highest BCUT2D eigenvalue weighted by molar-refractivity contribution is 6.15. The molecule has 0 fully saturated rings. The van der Waals surface area contributed by atoms with E-state index in [2.05, 4.69) is 11.7 Å². The molecule has 13 nitrogen and oxygen atoms in total. The highest BCUT2D eigenvalue weighted by atomic mass is 16.5. The first-order valence-electron chi connectivity index (χ1n) is 19.7. The number of carbonyl (C=O) groups is 3. The lowest BCUT2D eigenvalue weighted by Gasteiger charge is -2.22. The number of methoxy groups -OCH3 is 2. The summed E-state index contributed by atoms with van der Waals surface area (Å²) in [5, 5.41) is 9.26. The predicted octanol–water partition coefficient (Wildman–Crippen LogP) is 7.99. The van der Waals surface area contributed by atoms with E-state index in [1.165, 1.54) is 14.2 Å². The maximum absolute atomic E-state index is 13.9. The quantitative estimate of drug-likeness (QED) is 0.104. The molecule has 2 amide bonds. The molecule has 1 N–H and O–H groups in total. The fraction of sp³-hybridized carbons (Fsp3) is 0.255. The van der Waals surface area contributed by atoms with Crippen LogP contribution >= 0.6 is 0 Å². The Morgan fingerprint density at radius 3 is 2.23 bits per heavy atom. The average molecular weight is 808 g/mol. The van der Waals surface area contributed by atoms with Crippen LogP contribution in [0.15, 0.2) is 101 Å². The third-order valence-corrected chi connectivity index (χ3v) is 11.1. The number of aliphatic carboxylic acids is 1. The molecule has 1 atom stereocenters. The molecular weight excluding hydrogens is 763 g/mol. The lowest BCUT2D eigenvalue weighted by atomic mass is 10.1. The van der Waals surface area contributed by atoms with Crippen LogP contribution in [-0.4, -0.2) is 76.2 Å². The summed E-state index contributed by atoms with van der Waals surface area (Å²) in [6.45, 7) is 5.05. The number of carboxylic acids is 1. The van der Waals surface area contributed by atoms with Crippen molar-refractivity contribution in [3.05, 3.63) is 124 Å². The Hall–Kier alpha value is -7.15. The molecule has 3 aliphatic rings. The molecule has 306 valence electrons. The Balaban J connectivity index is 1.04. The maximum Gasteiger partial charge on any atom is 0.303 e. The number of para-hydroxylation sites is 2. The van der Waals surface area contributed by atoms with Crippen LogP contribution in [0.4, 0.5) is 28.4 Å². The summed E-state index contributed by atoms with van der Waals surface area (Å²) in [6.07, 6.45) is 3.77. The minimum absolute atomic E-state index is 0.0411. The van der Waals surface area contributed by atoms with Gasteiger partial charge in [0.25, 0.3) is 11.8 Å². The number of hydrogen-bond acceptors (Lipinski definition) is 10. The van der Waals surface area contributed by atoms with Crippen molar-refractivity contribution in [1.82, 2.24) is 0 Å². The summed E-state index contributed by atoms with van der Waals surface area (Å²) >= 11 is 0. The van der Waals surface area contributed by atoms with Crippen molar-refractivity contribution >= 4 is 59.2 Å². The minimum Gasteiger partial charge on any atom is -0.493 e. The topological polar surface area (TPSA) is 143 Å². The van der Waals surface area contributed by atoms with E-state index in [4.69, 9.17) is 23.9 Å². The van der Waals surface area contributed by atoms with Gasteiger partial charge in [0, 0.05) is 68.4 Å². The van der Waals surface area contributed by atoms with Gasteiger partial charge in [0.05, 0.1) is 42.8 Å². The molecular formula is C47H45N5O8. The Morgan fingerprint density at radius 1 is 0.867 bits per heavy atom. The number of aliphatic imine (C=N–C) groups is 2. The Labute approximate surface area is 348 Å². The summed E-state index contributed by atoms with van der Waals surface area (Å²) in [7, 11) is 4.95. The van der Waals surface area contributed by atoms with Crippen LogP contribution in [0.2, 0.25) is 0 Å². The van der Waals surface area contributed by atoms with Crippen LogP contribution in [0.25, 0.3) is 0 Å². The van der Waals surface area contributed by atoms with Gasteiger partial charge in [-0.2, -0.15) is 0 Å². The van der Waals surface area contributed by atoms with E-state index in [9.17, 15) is 19.5 Å². The van der Waals surface area contributed by atoms with E-state index < -0.39 is 5.97 Å². The number of rotatable bonds is 15. The standard InChI is InChI=1S/C47H45N5O8/c1-48-37-24-43(41(57-3)22-35(37)46(55)51-17-15-31-10-5-7-12-39(31)51)59-27-29-18-30(20-33(19-29)50(2)16-9-14-45(53)54)28-60-44-25-38-36(23-42(44)58-4)47(56)52-34(26-49-38)21-32-11-6-8-13-40(32)52/h5-8,10-13,18-20,22-26,34H,1,9,14-17,21,27-28H2,2-4H3,(H,53,54). The summed E-state index contributed by atoms with van der Waals surface area (Å²) in [5.74, 6) is 0.343. The Kier molecular flexibility index (Phi) is 11.2. The lowest BCUT2D eigenvalue weighted by molar-refractivity contribution is -0.137. The van der Waals surface area contributed by atoms with Crippen LogP contribution in [0.1, 0.15) is 55.8 Å². The van der Waals surface area contributed by atoms with Gasteiger partial charge in [0.1, 0.15) is 13.2 Å². The van der Waals surface area contributed by atoms with E-state index in [1.54, 1.807) is 34.1 Å². The lowest BCUT2D eigenvalue weighted by Crippen LogP contribution is -2.37. The van der Waals surface area contributed by atoms with Gasteiger partial charge < -0.3 is 33.9 Å². The molecule has 0 aliphatic carbocycles. The van der Waals surface area contributed by atoms with Crippen molar-refractivity contribution in [2.45, 2.75) is 44.9 Å². The predicted molar refractivity (Wildman–Crippen MR) is 231 cm³/mol. The molecule has 0 radical (unpaired) electrons. The molecule has 0 aromatic heterocycles. The van der Waals surface area contributed by atoms with Crippen molar-refractivity contribution < 1.29 is 38.4 Å². The maximum atomic E-state index is 13.9. The van der Waals surface area contributed by atoms with E-state index in [0.717, 1.165) is 45.7 Å². The molecule has 5 aromatic rings. The van der Waals surface area contributed by atoms with Gasteiger partial charge in [-0.1, -0.05) is 36.4 Å². The molecule has 0 bridgehead atoms. The van der Waals surface area contributed by atoms with Crippen LogP contribution < -0.4 is 33.6 Å². The van der Waals surface area contributed by atoms with Gasteiger partial charge in [-0.3, -0.25) is 29.3 Å². The number of amides is 2. The first-order valence-corrected chi connectivity index (χ1v) is 19.7. The second-order valence-corrected chi connectivity index (χ2v) is 14.9. The first kappa shape index (κ1) is 39.7. The normalized spacial score (nSPS) is 14.7. The van der Waals surface area contributed by atoms with Crippen molar-refractivity contribution in [1.29, 1.82) is 0 Å². The van der Waals surface area contributed by atoms with Crippen molar-refractivity contribution in [3.63, 3.8) is 0 Å². The highest BCUT2D eigenvalue weighted by Gasteiger charge is 2.36. The van der Waals surface area contributed by atoms with Gasteiger partial charge in [-0.25, -0.2) is 0 Å². The number of nitrogens with zero attached hydrogens (tertiary/aromatic N) is 5. The Morgan fingerprint density at radius 2 is 1.53 bits per heavy atom. The van der Waals surface area contributed by atoms with Crippen molar-refractivity contribution in [2.24, 2.45) is 9.98 Å². The smallest absolute Gasteiger partial charge is 0.303 e. The van der Waals surface area contributed by atoms with E-state index >= 15 is 0 Å². The second kappa shape index (κ2) is 17.0. The van der Waals surface area contributed by atoms with Gasteiger partial charge in [-0.15, -0.1) is 0 Å². The number of fused-ring (bicyclic) bond motifs is 5. The zero-order chi connectivity index (χ0) is 41.9. The SMILES string of the molecule is C=Nc1cc(OCc2cc(COc3cc4c(cc3OC)C(=O)N3c5ccccc5CC3C=N4)cc(N(C)CCCC(=O)O)c2)c(OC)cc1C(=O)N1CCc2ccccc21. The first-order chi connectivity index (χ1) is 29.1. The second-order valence-electron chi connectivity index (χ2n) is 14.9. The van der Waals surface area contributed by atoms with Crippen molar-refractivity contribution in [2.75, 3.05) is 49.1 Å². The number of ether oxygens (including phenoxy) is 4. The summed E-state index contributed by atoms with van der Waals surface area (Å²) < 4.78 is 24.2. The zero-order valence-corrected chi connectivity index (χ0v) is 33.7. The van der Waals surface area contributed by atoms with Crippen LogP contribution in [-0.2, 0) is 30.8 Å². The highest BCUT2D eigenvalue weighted by Crippen LogP contribution is 2.42. The number of benzene rings is 5. The fourth-order valence-corrected chi connectivity index (χ4v) is 8.06. The van der Waals surface area contributed by atoms with E-state index in [-0.39, 0.29) is 37.5 Å². The number of carboxylic acid groups (broad SMARTS) is 1. The van der Waals surface area contributed by atoms with Crippen LogP contribution in [0, 0.1) is 0 Å². The molecule has 1 unspecified atom stereocenters. The van der Waals surface area contributed by atoms with Gasteiger partial charge in [-0.05, 0) is 84.3 Å². The Bertz CT molecular complexity index is 2540.